The number of nitrogens with zero attached hydrogens (tertiary/aromatic N) is 2. The molecule has 0 fully saturated rings. The highest BCUT2D eigenvalue weighted by atomic mass is 79.9. The van der Waals surface area contributed by atoms with Gasteiger partial charge in [0.1, 0.15) is 11.2 Å². The molecule has 0 amide bonds. The second-order valence-electron chi connectivity index (χ2n) is 3.09. The number of sulfonamides is 1. The molecule has 2 rings (SSSR count). The summed E-state index contributed by atoms with van der Waals surface area (Å²) in [5.74, 6) is 0. The van der Waals surface area contributed by atoms with Crippen molar-refractivity contribution in [2.45, 2.75) is 11.8 Å². The highest BCUT2D eigenvalue weighted by Crippen LogP contribution is 2.31. The van der Waals surface area contributed by atoms with Gasteiger partial charge in [0.05, 0.1) is 5.69 Å². The predicted octanol–water partition coefficient (Wildman–Crippen LogP) is 2.01. The molecule has 1 aliphatic rings. The van der Waals surface area contributed by atoms with E-state index >= 15 is 0 Å². The molecule has 0 aromatic heterocycles. The van der Waals surface area contributed by atoms with Crippen LogP contribution < -0.4 is 4.90 Å². The lowest BCUT2D eigenvalue weighted by Crippen LogP contribution is -2.26. The van der Waals surface area contributed by atoms with E-state index in [1.54, 1.807) is 23.1 Å². The number of fused-ring (bicyclic) bond motifs is 1. The van der Waals surface area contributed by atoms with Crippen LogP contribution >= 0.6 is 15.9 Å². The molecule has 6 heteroatoms. The quantitative estimate of drug-likeness (QED) is 0.794. The van der Waals surface area contributed by atoms with Crippen LogP contribution in [0.5, 0.6) is 0 Å². The van der Waals surface area contributed by atoms with Crippen LogP contribution in [0.4, 0.5) is 5.69 Å². The summed E-state index contributed by atoms with van der Waals surface area (Å²) in [6.45, 7) is 2.62. The van der Waals surface area contributed by atoms with Crippen LogP contribution in [-0.2, 0) is 10.0 Å². The summed E-state index contributed by atoms with van der Waals surface area (Å²) in [6.07, 6.45) is 1.35. The maximum absolute atomic E-state index is 11.6. The summed E-state index contributed by atoms with van der Waals surface area (Å²) in [6, 6.07) is 5.04. The molecule has 1 heterocycles. The third kappa shape index (κ3) is 1.79. The van der Waals surface area contributed by atoms with Crippen molar-refractivity contribution in [3.63, 3.8) is 0 Å². The monoisotopic (exact) mass is 288 g/mol. The van der Waals surface area contributed by atoms with Crippen molar-refractivity contribution < 1.29 is 8.42 Å². The van der Waals surface area contributed by atoms with Gasteiger partial charge >= 0.3 is 0 Å². The van der Waals surface area contributed by atoms with Gasteiger partial charge in [0, 0.05) is 11.0 Å². The molecule has 80 valence electrons. The Kier molecular flexibility index (Phi) is 2.56. The smallest absolute Gasteiger partial charge is 0.285 e. The molecule has 1 aliphatic heterocycles. The van der Waals surface area contributed by atoms with Gasteiger partial charge in [-0.05, 0) is 25.1 Å². The number of rotatable bonds is 1. The van der Waals surface area contributed by atoms with E-state index in [1.165, 1.54) is 6.34 Å². The number of hydrogen-bond donors (Lipinski definition) is 0. The van der Waals surface area contributed by atoms with E-state index in [0.29, 0.717) is 12.2 Å². The fourth-order valence-electron chi connectivity index (χ4n) is 1.42. The van der Waals surface area contributed by atoms with Gasteiger partial charge in [-0.2, -0.15) is 8.42 Å². The summed E-state index contributed by atoms with van der Waals surface area (Å²) in [7, 11) is -3.49. The lowest BCUT2D eigenvalue weighted by Gasteiger charge is -2.23. The van der Waals surface area contributed by atoms with E-state index in [9.17, 15) is 8.42 Å². The van der Waals surface area contributed by atoms with Crippen molar-refractivity contribution in [3.8, 4) is 0 Å². The predicted molar refractivity (Wildman–Crippen MR) is 62.8 cm³/mol. The fraction of sp³-hybridized carbons (Fsp3) is 0.222. The molecule has 0 saturated carbocycles. The molecular weight excluding hydrogens is 280 g/mol. The van der Waals surface area contributed by atoms with Crippen LogP contribution in [0, 0.1) is 0 Å². The summed E-state index contributed by atoms with van der Waals surface area (Å²) in [5, 5.41) is 0. The van der Waals surface area contributed by atoms with E-state index in [0.717, 1.165) is 4.47 Å². The Morgan fingerprint density at radius 3 is 2.87 bits per heavy atom. The van der Waals surface area contributed by atoms with Crippen molar-refractivity contribution in [2.24, 2.45) is 4.40 Å². The first kappa shape index (κ1) is 10.6. The standard InChI is InChI=1S/C9H9BrN2O2S/c1-2-12-6-11-15(13,14)9-4-3-7(10)5-8(9)12/h3-6H,2H2,1H3. The van der Waals surface area contributed by atoms with Gasteiger partial charge in [-0.15, -0.1) is 4.40 Å². The zero-order valence-electron chi connectivity index (χ0n) is 8.01. The van der Waals surface area contributed by atoms with E-state index in [1.807, 2.05) is 6.92 Å². The normalized spacial score (nSPS) is 17.6. The van der Waals surface area contributed by atoms with Crippen LogP contribution in [0.1, 0.15) is 6.92 Å². The van der Waals surface area contributed by atoms with Gasteiger partial charge < -0.3 is 4.90 Å². The fourth-order valence-corrected chi connectivity index (χ4v) is 2.80. The first-order valence-electron chi connectivity index (χ1n) is 4.41. The minimum absolute atomic E-state index is 0.259. The molecule has 0 saturated heterocycles. The van der Waals surface area contributed by atoms with E-state index in [4.69, 9.17) is 0 Å². The van der Waals surface area contributed by atoms with E-state index in [2.05, 4.69) is 20.3 Å². The van der Waals surface area contributed by atoms with Crippen molar-refractivity contribution in [2.75, 3.05) is 11.4 Å². The van der Waals surface area contributed by atoms with Crippen molar-refractivity contribution in [3.05, 3.63) is 22.7 Å². The number of benzene rings is 1. The summed E-state index contributed by atoms with van der Waals surface area (Å²) in [5.41, 5.74) is 0.668. The second-order valence-corrected chi connectivity index (χ2v) is 5.61. The zero-order chi connectivity index (χ0) is 11.1. The molecule has 1 aromatic carbocycles. The van der Waals surface area contributed by atoms with Gasteiger partial charge in [-0.3, -0.25) is 0 Å². The van der Waals surface area contributed by atoms with E-state index < -0.39 is 10.0 Å². The topological polar surface area (TPSA) is 49.7 Å². The Morgan fingerprint density at radius 2 is 2.20 bits per heavy atom. The second kappa shape index (κ2) is 3.61. The Hall–Kier alpha value is -0.880. The summed E-state index contributed by atoms with van der Waals surface area (Å²) in [4.78, 5) is 2.05. The summed E-state index contributed by atoms with van der Waals surface area (Å²) >= 11 is 3.32. The SMILES string of the molecule is CCN1C=NS(=O)(=O)c2ccc(Br)cc21. The number of anilines is 1. The maximum atomic E-state index is 11.6. The van der Waals surface area contributed by atoms with Gasteiger partial charge in [-0.1, -0.05) is 15.9 Å². The Bertz CT molecular complexity index is 525. The van der Waals surface area contributed by atoms with Crippen LogP contribution in [0.2, 0.25) is 0 Å². The molecule has 0 radical (unpaired) electrons. The molecule has 0 spiro atoms. The van der Waals surface area contributed by atoms with E-state index in [-0.39, 0.29) is 4.90 Å². The summed E-state index contributed by atoms with van der Waals surface area (Å²) < 4.78 is 27.6. The van der Waals surface area contributed by atoms with Gasteiger partial charge in [-0.25, -0.2) is 0 Å². The molecule has 15 heavy (non-hydrogen) atoms. The molecule has 0 aliphatic carbocycles. The van der Waals surface area contributed by atoms with Crippen LogP contribution in [0.25, 0.3) is 0 Å². The minimum Gasteiger partial charge on any atom is -0.331 e. The first-order valence-corrected chi connectivity index (χ1v) is 6.64. The highest BCUT2D eigenvalue weighted by Gasteiger charge is 2.24. The molecular formula is C9H9BrN2O2S. The van der Waals surface area contributed by atoms with Crippen LogP contribution in [0.3, 0.4) is 0 Å². The lowest BCUT2D eigenvalue weighted by atomic mass is 10.3. The van der Waals surface area contributed by atoms with Crippen LogP contribution in [-0.4, -0.2) is 21.3 Å². The molecule has 1 aromatic rings. The molecule has 0 bridgehead atoms. The van der Waals surface area contributed by atoms with Crippen molar-refractivity contribution in [1.29, 1.82) is 0 Å². The van der Waals surface area contributed by atoms with Gasteiger partial charge in [0.25, 0.3) is 10.0 Å². The lowest BCUT2D eigenvalue weighted by molar-refractivity contribution is 0.597. The first-order chi connectivity index (χ1) is 7.04. The zero-order valence-corrected chi connectivity index (χ0v) is 10.4. The average molecular weight is 289 g/mol. The molecule has 0 unspecified atom stereocenters. The average Bonchev–Trinajstić information content (AvgIpc) is 2.17. The molecule has 0 atom stereocenters. The molecule has 0 N–H and O–H groups in total. The Labute approximate surface area is 96.8 Å². The Morgan fingerprint density at radius 1 is 1.47 bits per heavy atom. The number of hydrogen-bond acceptors (Lipinski definition) is 3. The highest BCUT2D eigenvalue weighted by molar-refractivity contribution is 9.10. The third-order valence-electron chi connectivity index (χ3n) is 2.17. The third-order valence-corrected chi connectivity index (χ3v) is 3.94. The van der Waals surface area contributed by atoms with Gasteiger partial charge in [0.2, 0.25) is 0 Å². The van der Waals surface area contributed by atoms with Crippen molar-refractivity contribution in [1.82, 2.24) is 0 Å². The minimum atomic E-state index is -3.49. The maximum Gasteiger partial charge on any atom is 0.285 e. The Balaban J connectivity index is 2.70. The van der Waals surface area contributed by atoms with Crippen LogP contribution in [0.15, 0.2) is 32.0 Å². The largest absolute Gasteiger partial charge is 0.331 e. The molecule has 4 nitrogen and oxygen atoms in total. The number of halogens is 1. The van der Waals surface area contributed by atoms with Crippen molar-refractivity contribution >= 4 is 38.0 Å². The van der Waals surface area contributed by atoms with Gasteiger partial charge in [0.15, 0.2) is 0 Å².